The van der Waals surface area contributed by atoms with Gasteiger partial charge in [0.05, 0.1) is 25.6 Å². The van der Waals surface area contributed by atoms with E-state index in [4.69, 9.17) is 9.47 Å². The van der Waals surface area contributed by atoms with E-state index >= 15 is 0 Å². The minimum absolute atomic E-state index is 0.210. The van der Waals surface area contributed by atoms with Gasteiger partial charge in [-0.05, 0) is 29.8 Å². The van der Waals surface area contributed by atoms with Crippen LogP contribution in [0.25, 0.3) is 11.3 Å². The highest BCUT2D eigenvalue weighted by atomic mass is 19.1. The first-order chi connectivity index (χ1) is 13.5. The van der Waals surface area contributed by atoms with Crippen LogP contribution in [0.3, 0.4) is 0 Å². The maximum atomic E-state index is 13.5. The summed E-state index contributed by atoms with van der Waals surface area (Å²) in [6.07, 6.45) is 0.523. The largest absolute Gasteiger partial charge is 0.493 e. The Balaban J connectivity index is 1.79. The number of rotatable bonds is 5. The highest BCUT2D eigenvalue weighted by molar-refractivity contribution is 5.97. The van der Waals surface area contributed by atoms with Crippen LogP contribution in [-0.4, -0.2) is 30.3 Å². The molecule has 0 fully saturated rings. The molecular formula is C20H19FN4O3. The summed E-state index contributed by atoms with van der Waals surface area (Å²) in [5.74, 6) is 1.10. The highest BCUT2D eigenvalue weighted by Gasteiger charge is 2.31. The predicted octanol–water partition coefficient (Wildman–Crippen LogP) is 3.84. The van der Waals surface area contributed by atoms with Gasteiger partial charge in [-0.3, -0.25) is 9.89 Å². The monoisotopic (exact) mass is 382 g/mol. The Morgan fingerprint density at radius 3 is 2.71 bits per heavy atom. The van der Waals surface area contributed by atoms with E-state index in [9.17, 15) is 9.18 Å². The van der Waals surface area contributed by atoms with Gasteiger partial charge in [0.1, 0.15) is 11.6 Å². The maximum absolute atomic E-state index is 13.5. The standard InChI is InChI=1S/C20H19FN4O3/c1-10(26)22-18-13-8-15-17(14(13)9-16(27-2)19(18)28-3)24-25-20(15)23-12-6-4-5-11(21)7-12/h4-7,9H,8H2,1-3H3,(H,22,26)(H2,23,24,25). The molecule has 3 N–H and O–H groups in total. The van der Waals surface area contributed by atoms with Gasteiger partial charge >= 0.3 is 0 Å². The molecule has 1 aliphatic rings. The van der Waals surface area contributed by atoms with Crippen molar-refractivity contribution in [2.45, 2.75) is 13.3 Å². The number of anilines is 3. The summed E-state index contributed by atoms with van der Waals surface area (Å²) in [5.41, 5.74) is 4.59. The molecule has 1 aromatic heterocycles. The first kappa shape index (κ1) is 17.8. The first-order valence-electron chi connectivity index (χ1n) is 8.67. The van der Waals surface area contributed by atoms with Crippen molar-refractivity contribution in [3.63, 3.8) is 0 Å². The van der Waals surface area contributed by atoms with Gasteiger partial charge < -0.3 is 20.1 Å². The summed E-state index contributed by atoms with van der Waals surface area (Å²) >= 11 is 0. The van der Waals surface area contributed by atoms with Crippen molar-refractivity contribution in [3.05, 3.63) is 47.3 Å². The summed E-state index contributed by atoms with van der Waals surface area (Å²) < 4.78 is 24.4. The molecule has 1 heterocycles. The van der Waals surface area contributed by atoms with Crippen LogP contribution in [0.15, 0.2) is 30.3 Å². The number of amides is 1. The van der Waals surface area contributed by atoms with Crippen molar-refractivity contribution < 1.29 is 18.7 Å². The van der Waals surface area contributed by atoms with Crippen LogP contribution in [0.4, 0.5) is 21.6 Å². The topological polar surface area (TPSA) is 88.3 Å². The molecule has 0 radical (unpaired) electrons. The smallest absolute Gasteiger partial charge is 0.221 e. The van der Waals surface area contributed by atoms with Crippen LogP contribution in [-0.2, 0) is 11.2 Å². The molecule has 0 bridgehead atoms. The summed E-state index contributed by atoms with van der Waals surface area (Å²) in [6.45, 7) is 1.44. The number of nitrogens with zero attached hydrogens (tertiary/aromatic N) is 1. The van der Waals surface area contributed by atoms with Crippen molar-refractivity contribution in [2.75, 3.05) is 24.9 Å². The Bertz CT molecular complexity index is 1080. The number of hydrogen-bond donors (Lipinski definition) is 3. The molecule has 7 nitrogen and oxygen atoms in total. The fourth-order valence-electron chi connectivity index (χ4n) is 3.49. The van der Waals surface area contributed by atoms with Crippen LogP contribution in [0.5, 0.6) is 11.5 Å². The van der Waals surface area contributed by atoms with E-state index in [1.165, 1.54) is 26.2 Å². The van der Waals surface area contributed by atoms with Gasteiger partial charge in [-0.25, -0.2) is 4.39 Å². The number of aromatic nitrogens is 2. The van der Waals surface area contributed by atoms with Crippen LogP contribution in [0.1, 0.15) is 18.1 Å². The lowest BCUT2D eigenvalue weighted by atomic mass is 10.0. The lowest BCUT2D eigenvalue weighted by Gasteiger charge is -2.17. The average molecular weight is 382 g/mol. The van der Waals surface area contributed by atoms with E-state index in [2.05, 4.69) is 20.8 Å². The number of nitrogens with one attached hydrogen (secondary N) is 3. The van der Waals surface area contributed by atoms with Crippen LogP contribution in [0, 0.1) is 5.82 Å². The minimum Gasteiger partial charge on any atom is -0.493 e. The number of hydrogen-bond acceptors (Lipinski definition) is 5. The molecule has 4 rings (SSSR count). The number of carbonyl (C=O) groups is 1. The molecule has 1 amide bonds. The predicted molar refractivity (Wildman–Crippen MR) is 104 cm³/mol. The van der Waals surface area contributed by atoms with Gasteiger partial charge in [0, 0.05) is 30.2 Å². The molecular weight excluding hydrogens is 363 g/mol. The molecule has 0 spiro atoms. The van der Waals surface area contributed by atoms with Crippen molar-refractivity contribution in [1.82, 2.24) is 10.2 Å². The average Bonchev–Trinajstić information content (AvgIpc) is 3.21. The van der Waals surface area contributed by atoms with E-state index in [-0.39, 0.29) is 11.7 Å². The lowest BCUT2D eigenvalue weighted by molar-refractivity contribution is -0.114. The van der Waals surface area contributed by atoms with Crippen LogP contribution >= 0.6 is 0 Å². The molecule has 2 aromatic carbocycles. The molecule has 0 saturated carbocycles. The number of benzene rings is 2. The zero-order chi connectivity index (χ0) is 19.8. The number of halogens is 1. The Morgan fingerprint density at radius 2 is 2.04 bits per heavy atom. The third-order valence-corrected chi connectivity index (χ3v) is 4.65. The van der Waals surface area contributed by atoms with Crippen molar-refractivity contribution in [1.29, 1.82) is 0 Å². The van der Waals surface area contributed by atoms with Crippen molar-refractivity contribution in [3.8, 4) is 22.8 Å². The normalized spacial score (nSPS) is 11.6. The molecule has 0 atom stereocenters. The quantitative estimate of drug-likeness (QED) is 0.488. The Labute approximate surface area is 160 Å². The maximum Gasteiger partial charge on any atom is 0.221 e. The second-order valence-corrected chi connectivity index (χ2v) is 6.43. The van der Waals surface area contributed by atoms with Crippen molar-refractivity contribution in [2.24, 2.45) is 0 Å². The van der Waals surface area contributed by atoms with E-state index in [1.54, 1.807) is 19.2 Å². The van der Waals surface area contributed by atoms with Crippen LogP contribution < -0.4 is 20.1 Å². The van der Waals surface area contributed by atoms with Gasteiger partial charge in [-0.15, -0.1) is 0 Å². The van der Waals surface area contributed by atoms with Gasteiger partial charge in [0.15, 0.2) is 11.5 Å². The van der Waals surface area contributed by atoms with Gasteiger partial charge in [0.2, 0.25) is 5.91 Å². The summed E-state index contributed by atoms with van der Waals surface area (Å²) in [5, 5.41) is 13.4. The lowest BCUT2D eigenvalue weighted by Crippen LogP contribution is -2.10. The second-order valence-electron chi connectivity index (χ2n) is 6.43. The van der Waals surface area contributed by atoms with E-state index < -0.39 is 0 Å². The molecule has 0 unspecified atom stereocenters. The van der Waals surface area contributed by atoms with Gasteiger partial charge in [0.25, 0.3) is 0 Å². The van der Waals surface area contributed by atoms with E-state index in [0.29, 0.717) is 35.1 Å². The molecule has 144 valence electrons. The zero-order valence-corrected chi connectivity index (χ0v) is 15.6. The zero-order valence-electron chi connectivity index (χ0n) is 15.6. The highest BCUT2D eigenvalue weighted by Crippen LogP contribution is 2.49. The first-order valence-corrected chi connectivity index (χ1v) is 8.67. The Morgan fingerprint density at radius 1 is 1.21 bits per heavy atom. The molecule has 28 heavy (non-hydrogen) atoms. The number of carbonyl (C=O) groups excluding carboxylic acids is 1. The summed E-state index contributed by atoms with van der Waals surface area (Å²) in [4.78, 5) is 11.8. The summed E-state index contributed by atoms with van der Waals surface area (Å²) in [6, 6.07) is 8.04. The third kappa shape index (κ3) is 2.92. The molecule has 3 aromatic rings. The Hall–Kier alpha value is -3.55. The molecule has 0 aliphatic heterocycles. The minimum atomic E-state index is -0.327. The third-order valence-electron chi connectivity index (χ3n) is 4.65. The number of ether oxygens (including phenoxy) is 2. The number of aromatic amines is 1. The SMILES string of the molecule is COc1cc2c(c(NC(C)=O)c1OC)Cc1c-2n[nH]c1Nc1cccc(F)c1. The molecule has 8 heteroatoms. The number of methoxy groups -OCH3 is 2. The second kappa shape index (κ2) is 6.88. The van der Waals surface area contributed by atoms with Gasteiger partial charge in [-0.2, -0.15) is 5.10 Å². The summed E-state index contributed by atoms with van der Waals surface area (Å²) in [7, 11) is 3.07. The van der Waals surface area contributed by atoms with Crippen molar-refractivity contribution >= 4 is 23.1 Å². The fourth-order valence-corrected chi connectivity index (χ4v) is 3.49. The van der Waals surface area contributed by atoms with E-state index in [1.807, 2.05) is 6.07 Å². The molecule has 0 saturated heterocycles. The molecule has 1 aliphatic carbocycles. The fraction of sp³-hybridized carbons (Fsp3) is 0.200. The Kier molecular flexibility index (Phi) is 4.38. The van der Waals surface area contributed by atoms with Crippen LogP contribution in [0.2, 0.25) is 0 Å². The number of fused-ring (bicyclic) bond motifs is 3. The van der Waals surface area contributed by atoms with Gasteiger partial charge in [-0.1, -0.05) is 6.07 Å². The van der Waals surface area contributed by atoms with E-state index in [0.717, 1.165) is 22.4 Å². The number of H-pyrrole nitrogens is 1.